The first kappa shape index (κ1) is 27.6. The van der Waals surface area contributed by atoms with Crippen molar-refractivity contribution in [3.63, 3.8) is 0 Å². The summed E-state index contributed by atoms with van der Waals surface area (Å²) in [6.45, 7) is 4.06. The molecule has 0 radical (unpaired) electrons. The molecule has 2 fully saturated rings. The molecule has 4 rings (SSSR count). The van der Waals surface area contributed by atoms with Crippen molar-refractivity contribution in [3.8, 4) is 17.6 Å². The smallest absolute Gasteiger partial charge is 0.320 e. The molecule has 2 unspecified atom stereocenters. The minimum Gasteiger partial charge on any atom is -0.481 e. The van der Waals surface area contributed by atoms with E-state index in [4.69, 9.17) is 4.74 Å². The highest BCUT2D eigenvalue weighted by Crippen LogP contribution is 2.30. The highest BCUT2D eigenvalue weighted by molar-refractivity contribution is 9.10. The summed E-state index contributed by atoms with van der Waals surface area (Å²) < 4.78 is 33.3. The van der Waals surface area contributed by atoms with Gasteiger partial charge in [0.25, 0.3) is 0 Å². The van der Waals surface area contributed by atoms with Crippen LogP contribution in [0.4, 0.5) is 0 Å². The maximum Gasteiger partial charge on any atom is 0.320 e. The van der Waals surface area contributed by atoms with Crippen LogP contribution in [0.2, 0.25) is 0 Å². The number of carboxylic acids is 1. The van der Waals surface area contributed by atoms with Gasteiger partial charge in [-0.2, -0.15) is 0 Å². The molecule has 2 aliphatic heterocycles. The zero-order chi connectivity index (χ0) is 26.3. The van der Waals surface area contributed by atoms with Gasteiger partial charge in [-0.05, 0) is 80.7 Å². The highest BCUT2D eigenvalue weighted by atomic mass is 79.9. The number of rotatable bonds is 8. The van der Waals surface area contributed by atoms with Crippen molar-refractivity contribution in [3.05, 3.63) is 58.6 Å². The Labute approximate surface area is 227 Å². The van der Waals surface area contributed by atoms with Gasteiger partial charge >= 0.3 is 5.97 Å². The first-order chi connectivity index (χ1) is 17.8. The number of likely N-dealkylation sites (tertiary alicyclic amines) is 2. The van der Waals surface area contributed by atoms with Crippen molar-refractivity contribution in [2.45, 2.75) is 54.8 Å². The number of sulfone groups is 1. The molecular formula is C28H33BrN2O5S. The quantitative estimate of drug-likeness (QED) is 0.462. The molecule has 0 amide bonds. The second-order valence-electron chi connectivity index (χ2n) is 9.59. The van der Waals surface area contributed by atoms with Crippen LogP contribution in [0.3, 0.4) is 0 Å². The number of benzene rings is 2. The van der Waals surface area contributed by atoms with Crippen LogP contribution in [0.15, 0.2) is 57.9 Å². The van der Waals surface area contributed by atoms with Gasteiger partial charge in [0.2, 0.25) is 0 Å². The van der Waals surface area contributed by atoms with Crippen molar-refractivity contribution >= 4 is 31.7 Å². The molecular weight excluding hydrogens is 556 g/mol. The summed E-state index contributed by atoms with van der Waals surface area (Å²) in [5, 5.41) is 9.09. The molecule has 0 bridgehead atoms. The van der Waals surface area contributed by atoms with Gasteiger partial charge in [0.1, 0.15) is 18.4 Å². The van der Waals surface area contributed by atoms with Gasteiger partial charge in [0.05, 0.1) is 16.7 Å². The van der Waals surface area contributed by atoms with Crippen LogP contribution in [0, 0.1) is 11.8 Å². The van der Waals surface area contributed by atoms with Crippen molar-refractivity contribution in [2.75, 3.05) is 32.8 Å². The normalized spacial score (nSPS) is 21.1. The second-order valence-corrected chi connectivity index (χ2v) is 12.7. The van der Waals surface area contributed by atoms with Crippen molar-refractivity contribution < 1.29 is 23.1 Å². The van der Waals surface area contributed by atoms with Gasteiger partial charge < -0.3 is 9.84 Å². The Morgan fingerprint density at radius 1 is 1.00 bits per heavy atom. The molecule has 198 valence electrons. The van der Waals surface area contributed by atoms with Gasteiger partial charge in [0, 0.05) is 17.6 Å². The summed E-state index contributed by atoms with van der Waals surface area (Å²) in [5.74, 6) is 5.72. The fraction of sp³-hybridized carbons (Fsp3) is 0.464. The van der Waals surface area contributed by atoms with Gasteiger partial charge in [-0.25, -0.2) is 8.42 Å². The van der Waals surface area contributed by atoms with E-state index in [1.54, 1.807) is 12.1 Å². The SMILES string of the molecule is O=C(O)C1CC(S(=O)(=O)c2ccc(OCC#CCN3CCCCC3)cc2)CCN1Cc1ccc(Br)cc1. The van der Waals surface area contributed by atoms with Crippen LogP contribution in [0.5, 0.6) is 5.75 Å². The number of carboxylic acid groups (broad SMARTS) is 1. The lowest BCUT2D eigenvalue weighted by Gasteiger charge is -2.36. The number of ether oxygens (including phenoxy) is 1. The fourth-order valence-electron chi connectivity index (χ4n) is 4.91. The molecule has 2 aliphatic rings. The third-order valence-electron chi connectivity index (χ3n) is 7.03. The summed E-state index contributed by atoms with van der Waals surface area (Å²) in [5.41, 5.74) is 0.988. The zero-order valence-electron chi connectivity index (χ0n) is 20.8. The van der Waals surface area contributed by atoms with Crippen LogP contribution < -0.4 is 4.74 Å². The minimum absolute atomic E-state index is 0.0546. The van der Waals surface area contributed by atoms with Crippen LogP contribution in [-0.4, -0.2) is 73.4 Å². The Bertz CT molecular complexity index is 1220. The Kier molecular flexibility index (Phi) is 9.65. The van der Waals surface area contributed by atoms with E-state index in [1.165, 1.54) is 31.4 Å². The topological polar surface area (TPSA) is 87.1 Å². The van der Waals surface area contributed by atoms with Crippen molar-refractivity contribution in [2.24, 2.45) is 0 Å². The zero-order valence-corrected chi connectivity index (χ0v) is 23.2. The van der Waals surface area contributed by atoms with E-state index in [2.05, 4.69) is 32.7 Å². The molecule has 2 atom stereocenters. The number of nitrogens with zero attached hydrogens (tertiary/aromatic N) is 2. The molecule has 2 saturated heterocycles. The third kappa shape index (κ3) is 7.57. The van der Waals surface area contributed by atoms with E-state index in [0.717, 1.165) is 29.7 Å². The van der Waals surface area contributed by atoms with Gasteiger partial charge in [-0.3, -0.25) is 14.6 Å². The summed E-state index contributed by atoms with van der Waals surface area (Å²) in [6, 6.07) is 13.2. The molecule has 2 heterocycles. The Balaban J connectivity index is 1.33. The summed E-state index contributed by atoms with van der Waals surface area (Å²) in [4.78, 5) is 16.4. The third-order valence-corrected chi connectivity index (χ3v) is 9.79. The Morgan fingerprint density at radius 3 is 2.38 bits per heavy atom. The van der Waals surface area contributed by atoms with Gasteiger partial charge in [0.15, 0.2) is 9.84 Å². The van der Waals surface area contributed by atoms with Gasteiger partial charge in [-0.15, -0.1) is 0 Å². The molecule has 0 spiro atoms. The maximum atomic E-state index is 13.3. The van der Waals surface area contributed by atoms with Crippen LogP contribution >= 0.6 is 15.9 Å². The second kappa shape index (κ2) is 12.9. The molecule has 1 N–H and O–H groups in total. The van der Waals surface area contributed by atoms with Crippen LogP contribution in [-0.2, 0) is 21.2 Å². The largest absolute Gasteiger partial charge is 0.481 e. The number of aliphatic carboxylic acids is 1. The van der Waals surface area contributed by atoms with Crippen molar-refractivity contribution in [1.29, 1.82) is 0 Å². The number of piperidine rings is 2. The monoisotopic (exact) mass is 588 g/mol. The lowest BCUT2D eigenvalue weighted by Crippen LogP contribution is -2.49. The molecule has 7 nitrogen and oxygen atoms in total. The molecule has 9 heteroatoms. The Morgan fingerprint density at radius 2 is 1.70 bits per heavy atom. The molecule has 2 aromatic rings. The summed E-state index contributed by atoms with van der Waals surface area (Å²) in [7, 11) is -3.67. The minimum atomic E-state index is -3.67. The number of carbonyl (C=O) groups is 1. The van der Waals surface area contributed by atoms with Gasteiger partial charge in [-0.1, -0.05) is 46.3 Å². The van der Waals surface area contributed by atoms with E-state index >= 15 is 0 Å². The van der Waals surface area contributed by atoms with Crippen LogP contribution in [0.1, 0.15) is 37.7 Å². The van der Waals surface area contributed by atoms with E-state index in [9.17, 15) is 18.3 Å². The number of halogens is 1. The fourth-order valence-corrected chi connectivity index (χ4v) is 6.92. The molecule has 37 heavy (non-hydrogen) atoms. The molecule has 2 aromatic carbocycles. The standard InChI is InChI=1S/C28H33BrN2O5S/c29-23-8-6-22(7-9-23)21-31-18-14-26(20-27(31)28(32)33)37(34,35)25-12-10-24(11-13-25)36-19-5-4-17-30-15-2-1-3-16-30/h6-13,26-27H,1-3,14-21H2,(H,32,33). The highest BCUT2D eigenvalue weighted by Gasteiger charge is 2.39. The van der Waals surface area contributed by atoms with E-state index in [0.29, 0.717) is 25.3 Å². The lowest BCUT2D eigenvalue weighted by atomic mass is 10.0. The molecule has 0 aliphatic carbocycles. The van der Waals surface area contributed by atoms with E-state index in [-0.39, 0.29) is 17.9 Å². The predicted molar refractivity (Wildman–Crippen MR) is 146 cm³/mol. The van der Waals surface area contributed by atoms with Crippen LogP contribution in [0.25, 0.3) is 0 Å². The summed E-state index contributed by atoms with van der Waals surface area (Å²) >= 11 is 3.40. The average molecular weight is 590 g/mol. The number of hydrogen-bond acceptors (Lipinski definition) is 6. The summed E-state index contributed by atoms with van der Waals surface area (Å²) in [6.07, 6.45) is 4.20. The van der Waals surface area contributed by atoms with E-state index in [1.807, 2.05) is 29.2 Å². The predicted octanol–water partition coefficient (Wildman–Crippen LogP) is 4.21. The first-order valence-corrected chi connectivity index (χ1v) is 15.0. The molecule has 0 aromatic heterocycles. The first-order valence-electron chi connectivity index (χ1n) is 12.7. The molecule has 0 saturated carbocycles. The number of hydrogen-bond donors (Lipinski definition) is 1. The van der Waals surface area contributed by atoms with Crippen molar-refractivity contribution in [1.82, 2.24) is 9.80 Å². The maximum absolute atomic E-state index is 13.3. The lowest BCUT2D eigenvalue weighted by molar-refractivity contribution is -0.144. The Hall–Kier alpha value is -2.38. The average Bonchev–Trinajstić information content (AvgIpc) is 2.90. The van der Waals surface area contributed by atoms with E-state index < -0.39 is 27.1 Å².